The minimum atomic E-state index is -2.26. The molecule has 2 nitrogen and oxygen atoms in total. The van der Waals surface area contributed by atoms with Crippen LogP contribution in [0.3, 0.4) is 0 Å². The molecule has 4 heteroatoms. The molecule has 0 saturated carbocycles. The van der Waals surface area contributed by atoms with Crippen LogP contribution in [-0.4, -0.2) is 43.5 Å². The second-order valence-corrected chi connectivity index (χ2v) is 3.47. The summed E-state index contributed by atoms with van der Waals surface area (Å²) in [5.74, 6) is 0. The van der Waals surface area contributed by atoms with Gasteiger partial charge in [0, 0.05) is 6.54 Å². The Kier molecular flexibility index (Phi) is 3.01. The molecule has 0 radical (unpaired) electrons. The predicted octanol–water partition coefficient (Wildman–Crippen LogP) is 0.935. The number of rotatable bonds is 3. The summed E-state index contributed by atoms with van der Waals surface area (Å²) in [6.07, 6.45) is -1.71. The van der Waals surface area contributed by atoms with Gasteiger partial charge in [-0.1, -0.05) is 6.92 Å². The lowest BCUT2D eigenvalue weighted by atomic mass is 9.99. The molecular weight excluding hydrogens is 162 g/mol. The van der Waals surface area contributed by atoms with Crippen molar-refractivity contribution in [3.8, 4) is 0 Å². The Hall–Kier alpha value is -0.220. The van der Waals surface area contributed by atoms with E-state index in [0.717, 1.165) is 6.54 Å². The third kappa shape index (κ3) is 1.75. The summed E-state index contributed by atoms with van der Waals surface area (Å²) in [4.78, 5) is 1.94. The maximum absolute atomic E-state index is 12.7. The Bertz CT molecular complexity index is 148. The summed E-state index contributed by atoms with van der Waals surface area (Å²) in [5.41, 5.74) is -0.941. The topological polar surface area (TPSA) is 15.3 Å². The second kappa shape index (κ2) is 3.66. The lowest BCUT2D eigenvalue weighted by Gasteiger charge is -2.28. The molecule has 1 fully saturated rings. The minimum Gasteiger partial charge on any atom is -0.306 e. The number of hydrogen-bond acceptors (Lipinski definition) is 2. The zero-order valence-corrected chi connectivity index (χ0v) is 7.61. The maximum atomic E-state index is 12.7. The smallest absolute Gasteiger partial charge is 0.257 e. The predicted molar refractivity (Wildman–Crippen MR) is 44.5 cm³/mol. The second-order valence-electron chi connectivity index (χ2n) is 3.47. The Morgan fingerprint density at radius 3 is 2.58 bits per heavy atom. The van der Waals surface area contributed by atoms with Crippen molar-refractivity contribution in [1.29, 1.82) is 0 Å². The molecule has 0 bridgehead atoms. The fourth-order valence-electron chi connectivity index (χ4n) is 1.78. The van der Waals surface area contributed by atoms with Crippen molar-refractivity contribution in [2.75, 3.05) is 26.7 Å². The zero-order chi connectivity index (χ0) is 9.19. The van der Waals surface area contributed by atoms with Crippen LogP contribution in [0.4, 0.5) is 8.78 Å². The van der Waals surface area contributed by atoms with Crippen molar-refractivity contribution < 1.29 is 8.78 Å². The highest BCUT2D eigenvalue weighted by Crippen LogP contribution is 2.26. The van der Waals surface area contributed by atoms with E-state index >= 15 is 0 Å². The number of likely N-dealkylation sites (N-methyl/N-ethyl adjacent to an activating group) is 2. The van der Waals surface area contributed by atoms with Gasteiger partial charge in [0.25, 0.3) is 6.43 Å². The third-order valence-corrected chi connectivity index (χ3v) is 2.44. The summed E-state index contributed by atoms with van der Waals surface area (Å²) in [7, 11) is 1.88. The molecule has 1 unspecified atom stereocenters. The normalized spacial score (nSPS) is 31.8. The van der Waals surface area contributed by atoms with Gasteiger partial charge in [-0.2, -0.15) is 0 Å². The van der Waals surface area contributed by atoms with E-state index in [1.165, 1.54) is 0 Å². The van der Waals surface area contributed by atoms with Crippen LogP contribution in [0.5, 0.6) is 0 Å². The molecule has 1 N–H and O–H groups in total. The van der Waals surface area contributed by atoms with Crippen LogP contribution in [0.25, 0.3) is 0 Å². The van der Waals surface area contributed by atoms with Gasteiger partial charge in [-0.15, -0.1) is 0 Å². The molecule has 0 amide bonds. The first-order chi connectivity index (χ1) is 5.60. The van der Waals surface area contributed by atoms with Gasteiger partial charge in [0.05, 0.1) is 5.54 Å². The van der Waals surface area contributed by atoms with Gasteiger partial charge < -0.3 is 10.2 Å². The number of likely N-dealkylation sites (tertiary alicyclic amines) is 1. The lowest BCUT2D eigenvalue weighted by molar-refractivity contribution is 0.0370. The fraction of sp³-hybridized carbons (Fsp3) is 1.00. The van der Waals surface area contributed by atoms with Crippen molar-refractivity contribution in [2.24, 2.45) is 0 Å². The molecule has 0 aliphatic carbocycles. The van der Waals surface area contributed by atoms with Crippen LogP contribution in [0, 0.1) is 0 Å². The Morgan fingerprint density at radius 1 is 1.58 bits per heavy atom. The molecule has 1 heterocycles. The van der Waals surface area contributed by atoms with E-state index in [1.807, 2.05) is 18.9 Å². The molecule has 0 aromatic carbocycles. The van der Waals surface area contributed by atoms with Gasteiger partial charge in [0.2, 0.25) is 0 Å². The van der Waals surface area contributed by atoms with Crippen LogP contribution in [0.15, 0.2) is 0 Å². The average molecular weight is 178 g/mol. The van der Waals surface area contributed by atoms with Crippen molar-refractivity contribution in [3.63, 3.8) is 0 Å². The van der Waals surface area contributed by atoms with Gasteiger partial charge >= 0.3 is 0 Å². The summed E-state index contributed by atoms with van der Waals surface area (Å²) in [6, 6.07) is 0. The summed E-state index contributed by atoms with van der Waals surface area (Å²) in [6.45, 7) is 3.69. The van der Waals surface area contributed by atoms with Gasteiger partial charge in [0.15, 0.2) is 0 Å². The Labute approximate surface area is 71.9 Å². The molecule has 1 aliphatic heterocycles. The first-order valence-corrected chi connectivity index (χ1v) is 4.32. The standard InChI is InChI=1S/C8H16F2N2/c1-3-11-8(7(9)10)4-5-12(2)6-8/h7,11H,3-6H2,1-2H3. The fourth-order valence-corrected chi connectivity index (χ4v) is 1.78. The molecule has 0 aromatic rings. The van der Waals surface area contributed by atoms with Gasteiger partial charge in [0.1, 0.15) is 0 Å². The number of halogens is 2. The molecule has 1 saturated heterocycles. The van der Waals surface area contributed by atoms with Crippen molar-refractivity contribution >= 4 is 0 Å². The van der Waals surface area contributed by atoms with Gasteiger partial charge in [-0.3, -0.25) is 0 Å². The zero-order valence-electron chi connectivity index (χ0n) is 7.61. The minimum absolute atomic E-state index is 0.457. The van der Waals surface area contributed by atoms with Crippen molar-refractivity contribution in [2.45, 2.75) is 25.3 Å². The largest absolute Gasteiger partial charge is 0.306 e. The molecule has 72 valence electrons. The van der Waals surface area contributed by atoms with Crippen molar-refractivity contribution in [3.05, 3.63) is 0 Å². The highest BCUT2D eigenvalue weighted by atomic mass is 19.3. The summed E-state index contributed by atoms with van der Waals surface area (Å²) < 4.78 is 25.3. The quantitative estimate of drug-likeness (QED) is 0.691. The highest BCUT2D eigenvalue weighted by molar-refractivity contribution is 4.98. The van der Waals surface area contributed by atoms with Crippen LogP contribution < -0.4 is 5.32 Å². The van der Waals surface area contributed by atoms with Gasteiger partial charge in [-0.25, -0.2) is 8.78 Å². The number of nitrogens with zero attached hydrogens (tertiary/aromatic N) is 1. The van der Waals surface area contributed by atoms with Gasteiger partial charge in [-0.05, 0) is 26.6 Å². The molecule has 1 rings (SSSR count). The van der Waals surface area contributed by atoms with E-state index in [0.29, 0.717) is 19.5 Å². The molecular formula is C8H16F2N2. The number of hydrogen-bond donors (Lipinski definition) is 1. The van der Waals surface area contributed by atoms with Crippen LogP contribution in [0.1, 0.15) is 13.3 Å². The maximum Gasteiger partial charge on any atom is 0.257 e. The highest BCUT2D eigenvalue weighted by Gasteiger charge is 2.43. The number of alkyl halides is 2. The van der Waals surface area contributed by atoms with Crippen LogP contribution >= 0.6 is 0 Å². The monoisotopic (exact) mass is 178 g/mol. The summed E-state index contributed by atoms with van der Waals surface area (Å²) in [5, 5.41) is 2.90. The SMILES string of the molecule is CCNC1(C(F)F)CCN(C)C1. The molecule has 12 heavy (non-hydrogen) atoms. The molecule has 0 spiro atoms. The van der Waals surface area contributed by atoms with Crippen LogP contribution in [-0.2, 0) is 0 Å². The summed E-state index contributed by atoms with van der Waals surface area (Å²) >= 11 is 0. The Balaban J connectivity index is 2.61. The molecule has 0 aromatic heterocycles. The lowest BCUT2D eigenvalue weighted by Crippen LogP contribution is -2.52. The van der Waals surface area contributed by atoms with Crippen LogP contribution in [0.2, 0.25) is 0 Å². The van der Waals surface area contributed by atoms with E-state index in [-0.39, 0.29) is 0 Å². The van der Waals surface area contributed by atoms with E-state index in [1.54, 1.807) is 0 Å². The molecule has 1 atom stereocenters. The number of nitrogens with one attached hydrogen (secondary N) is 1. The molecule has 1 aliphatic rings. The van der Waals surface area contributed by atoms with E-state index in [9.17, 15) is 8.78 Å². The first-order valence-electron chi connectivity index (χ1n) is 4.32. The van der Waals surface area contributed by atoms with E-state index < -0.39 is 12.0 Å². The average Bonchev–Trinajstić information content (AvgIpc) is 2.34. The van der Waals surface area contributed by atoms with E-state index in [2.05, 4.69) is 5.32 Å². The first kappa shape index (κ1) is 9.86. The Morgan fingerprint density at radius 2 is 2.25 bits per heavy atom. The third-order valence-electron chi connectivity index (χ3n) is 2.44. The van der Waals surface area contributed by atoms with E-state index in [4.69, 9.17) is 0 Å². The van der Waals surface area contributed by atoms with Crippen molar-refractivity contribution in [1.82, 2.24) is 10.2 Å².